The van der Waals surface area contributed by atoms with E-state index in [1.165, 1.54) is 0 Å². The monoisotopic (exact) mass is 377 g/mol. The smallest absolute Gasteiger partial charge is 0.408 e. The van der Waals surface area contributed by atoms with E-state index >= 15 is 0 Å². The fourth-order valence-electron chi connectivity index (χ4n) is 2.28. The molecule has 0 saturated carbocycles. The molecule has 0 bridgehead atoms. The van der Waals surface area contributed by atoms with Crippen LogP contribution < -0.4 is 20.9 Å². The van der Waals surface area contributed by atoms with E-state index in [2.05, 4.69) is 44.0 Å². The Morgan fingerprint density at radius 3 is 2.37 bits per heavy atom. The highest BCUT2D eigenvalue weighted by Gasteiger charge is 2.24. The number of carbonyl (C=O) groups excluding carboxylic acids is 1. The van der Waals surface area contributed by atoms with Crippen LogP contribution in [0.4, 0.5) is 10.5 Å². The molecule has 0 unspecified atom stereocenters. The Bertz CT molecular complexity index is 648. The maximum atomic E-state index is 12.0. The number of nitrogens with zero attached hydrogens (tertiary/aromatic N) is 2. The molecule has 0 heterocycles. The minimum absolute atomic E-state index is 0.433. The first-order chi connectivity index (χ1) is 12.4. The van der Waals surface area contributed by atoms with Crippen molar-refractivity contribution in [2.45, 2.75) is 52.3 Å². The minimum Gasteiger partial charge on any atom is -0.444 e. The second-order valence-corrected chi connectivity index (χ2v) is 8.35. The highest BCUT2D eigenvalue weighted by molar-refractivity contribution is 5.79. The molecule has 0 atom stereocenters. The van der Waals surface area contributed by atoms with Crippen molar-refractivity contribution >= 4 is 17.7 Å². The van der Waals surface area contributed by atoms with E-state index in [0.717, 1.165) is 11.3 Å². The number of rotatable bonds is 6. The lowest BCUT2D eigenvalue weighted by Gasteiger charge is -2.29. The van der Waals surface area contributed by atoms with Gasteiger partial charge in [-0.3, -0.25) is 4.99 Å². The van der Waals surface area contributed by atoms with E-state index in [1.807, 2.05) is 54.8 Å². The van der Waals surface area contributed by atoms with Gasteiger partial charge in [0.05, 0.1) is 5.54 Å². The SMILES string of the molecule is CN=C(NCc1cccc(N(C)C)c1)NCC(C)(C)NC(=O)OC(C)(C)C. The maximum Gasteiger partial charge on any atom is 0.408 e. The molecule has 0 radical (unpaired) electrons. The summed E-state index contributed by atoms with van der Waals surface area (Å²) < 4.78 is 5.31. The lowest BCUT2D eigenvalue weighted by atomic mass is 10.1. The largest absolute Gasteiger partial charge is 0.444 e. The number of anilines is 1. The molecule has 7 nitrogen and oxygen atoms in total. The van der Waals surface area contributed by atoms with Crippen LogP contribution in [0.5, 0.6) is 0 Å². The van der Waals surface area contributed by atoms with Gasteiger partial charge in [0.25, 0.3) is 0 Å². The van der Waals surface area contributed by atoms with Gasteiger partial charge in [-0.05, 0) is 52.3 Å². The Morgan fingerprint density at radius 2 is 1.81 bits per heavy atom. The number of ether oxygens (including phenoxy) is 1. The zero-order chi connectivity index (χ0) is 20.7. The molecule has 0 aliphatic heterocycles. The van der Waals surface area contributed by atoms with Gasteiger partial charge < -0.3 is 25.6 Å². The molecule has 0 aliphatic rings. The third kappa shape index (κ3) is 9.17. The summed E-state index contributed by atoms with van der Waals surface area (Å²) in [4.78, 5) is 18.3. The number of guanidine groups is 1. The number of alkyl carbamates (subject to hydrolysis) is 1. The highest BCUT2D eigenvalue weighted by Crippen LogP contribution is 2.13. The number of carbonyl (C=O) groups is 1. The quantitative estimate of drug-likeness (QED) is 0.525. The van der Waals surface area contributed by atoms with Gasteiger partial charge in [0.2, 0.25) is 0 Å². The summed E-state index contributed by atoms with van der Waals surface area (Å²) in [7, 11) is 5.76. The molecule has 0 aromatic heterocycles. The summed E-state index contributed by atoms with van der Waals surface area (Å²) in [5.74, 6) is 0.671. The summed E-state index contributed by atoms with van der Waals surface area (Å²) in [5, 5.41) is 9.41. The lowest BCUT2D eigenvalue weighted by Crippen LogP contribution is -2.54. The first kappa shape index (κ1) is 22.6. The van der Waals surface area contributed by atoms with E-state index in [4.69, 9.17) is 4.74 Å². The first-order valence-corrected chi connectivity index (χ1v) is 9.14. The Balaban J connectivity index is 2.54. The third-order valence-electron chi connectivity index (χ3n) is 3.65. The van der Waals surface area contributed by atoms with Crippen molar-refractivity contribution in [2.24, 2.45) is 4.99 Å². The standard InChI is InChI=1S/C20H35N5O2/c1-19(2,3)27-18(26)24-20(4,5)14-23-17(21-6)22-13-15-10-9-11-16(12-15)25(7)8/h9-12H,13-14H2,1-8H3,(H,24,26)(H2,21,22,23). The van der Waals surface area contributed by atoms with Gasteiger partial charge in [0.15, 0.2) is 5.96 Å². The maximum absolute atomic E-state index is 12.0. The molecule has 7 heteroatoms. The summed E-state index contributed by atoms with van der Waals surface area (Å²) in [6.45, 7) is 10.5. The van der Waals surface area contributed by atoms with Gasteiger partial charge >= 0.3 is 6.09 Å². The average molecular weight is 378 g/mol. The zero-order valence-electron chi connectivity index (χ0n) is 17.9. The van der Waals surface area contributed by atoms with Crippen LogP contribution in [0.15, 0.2) is 29.3 Å². The van der Waals surface area contributed by atoms with Gasteiger partial charge in [-0.2, -0.15) is 0 Å². The summed E-state index contributed by atoms with van der Waals surface area (Å²) in [6.07, 6.45) is -0.433. The van der Waals surface area contributed by atoms with Crippen molar-refractivity contribution in [3.8, 4) is 0 Å². The number of hydrogen-bond donors (Lipinski definition) is 3. The molecule has 1 aromatic carbocycles. The molecule has 1 amide bonds. The molecule has 0 aliphatic carbocycles. The van der Waals surface area contributed by atoms with Crippen molar-refractivity contribution in [1.29, 1.82) is 0 Å². The van der Waals surface area contributed by atoms with Crippen molar-refractivity contribution in [1.82, 2.24) is 16.0 Å². The predicted molar refractivity (Wildman–Crippen MR) is 112 cm³/mol. The Morgan fingerprint density at radius 1 is 1.15 bits per heavy atom. The number of nitrogens with one attached hydrogen (secondary N) is 3. The fourth-order valence-corrected chi connectivity index (χ4v) is 2.28. The van der Waals surface area contributed by atoms with Gasteiger partial charge in [-0.15, -0.1) is 0 Å². The molecule has 27 heavy (non-hydrogen) atoms. The lowest BCUT2D eigenvalue weighted by molar-refractivity contribution is 0.0474. The molecule has 152 valence electrons. The fraction of sp³-hybridized carbons (Fsp3) is 0.600. The number of aliphatic imine (C=N–C) groups is 1. The van der Waals surface area contributed by atoms with Crippen LogP contribution in [0.2, 0.25) is 0 Å². The minimum atomic E-state index is -0.522. The Hall–Kier alpha value is -2.44. The van der Waals surface area contributed by atoms with E-state index in [1.54, 1.807) is 7.05 Å². The molecule has 0 saturated heterocycles. The van der Waals surface area contributed by atoms with Crippen LogP contribution in [0.25, 0.3) is 0 Å². The van der Waals surface area contributed by atoms with Gasteiger partial charge in [0.1, 0.15) is 5.60 Å². The van der Waals surface area contributed by atoms with Crippen LogP contribution in [0.1, 0.15) is 40.2 Å². The van der Waals surface area contributed by atoms with Gasteiger partial charge in [-0.1, -0.05) is 12.1 Å². The van der Waals surface area contributed by atoms with Gasteiger partial charge in [0, 0.05) is 39.9 Å². The van der Waals surface area contributed by atoms with E-state index in [9.17, 15) is 4.79 Å². The molecular formula is C20H35N5O2. The highest BCUT2D eigenvalue weighted by atomic mass is 16.6. The molecule has 0 spiro atoms. The van der Waals surface area contributed by atoms with Crippen molar-refractivity contribution in [3.05, 3.63) is 29.8 Å². The van der Waals surface area contributed by atoms with Crippen molar-refractivity contribution in [2.75, 3.05) is 32.6 Å². The topological polar surface area (TPSA) is 78.0 Å². The van der Waals surface area contributed by atoms with Crippen molar-refractivity contribution < 1.29 is 9.53 Å². The summed E-state index contributed by atoms with van der Waals surface area (Å²) in [5.41, 5.74) is 1.30. The summed E-state index contributed by atoms with van der Waals surface area (Å²) >= 11 is 0. The van der Waals surface area contributed by atoms with Crippen molar-refractivity contribution in [3.63, 3.8) is 0 Å². The first-order valence-electron chi connectivity index (χ1n) is 9.14. The van der Waals surface area contributed by atoms with E-state index < -0.39 is 17.2 Å². The second kappa shape index (κ2) is 9.48. The summed E-state index contributed by atoms with van der Waals surface area (Å²) in [6, 6.07) is 8.31. The number of benzene rings is 1. The molecule has 1 aromatic rings. The average Bonchev–Trinajstić information content (AvgIpc) is 2.52. The van der Waals surface area contributed by atoms with Crippen LogP contribution in [0, 0.1) is 0 Å². The molecule has 0 fully saturated rings. The predicted octanol–water partition coefficient (Wildman–Crippen LogP) is 2.72. The van der Waals surface area contributed by atoms with Crippen LogP contribution in [-0.2, 0) is 11.3 Å². The Labute approximate surface area is 163 Å². The third-order valence-corrected chi connectivity index (χ3v) is 3.65. The molecule has 3 N–H and O–H groups in total. The normalized spacial score (nSPS) is 12.4. The van der Waals surface area contributed by atoms with Crippen LogP contribution in [0.3, 0.4) is 0 Å². The second-order valence-electron chi connectivity index (χ2n) is 8.35. The van der Waals surface area contributed by atoms with E-state index in [0.29, 0.717) is 19.0 Å². The molecule has 1 rings (SSSR count). The van der Waals surface area contributed by atoms with Gasteiger partial charge in [-0.25, -0.2) is 4.79 Å². The number of amides is 1. The number of hydrogen-bond acceptors (Lipinski definition) is 4. The van der Waals surface area contributed by atoms with Crippen LogP contribution in [-0.4, -0.2) is 50.9 Å². The zero-order valence-corrected chi connectivity index (χ0v) is 17.9. The van der Waals surface area contributed by atoms with Crippen LogP contribution >= 0.6 is 0 Å². The van der Waals surface area contributed by atoms with E-state index in [-0.39, 0.29) is 0 Å². The molecular weight excluding hydrogens is 342 g/mol. The Kier molecular flexibility index (Phi) is 7.94.